The van der Waals surface area contributed by atoms with Gasteiger partial charge in [0.05, 0.1) is 24.0 Å². The first-order chi connectivity index (χ1) is 23.3. The van der Waals surface area contributed by atoms with Gasteiger partial charge in [-0.25, -0.2) is 10.3 Å². The quantitative estimate of drug-likeness (QED) is 0.112. The molecule has 242 valence electrons. The Morgan fingerprint density at radius 2 is 1.10 bits per heavy atom. The molecule has 4 aromatic heterocycles. The summed E-state index contributed by atoms with van der Waals surface area (Å²) in [6.07, 6.45) is 4.57. The third-order valence-corrected chi connectivity index (χ3v) is 14.2. The maximum atomic E-state index is 9.27. The van der Waals surface area contributed by atoms with Crippen LogP contribution >= 0.6 is 45.3 Å². The van der Waals surface area contributed by atoms with Crippen LogP contribution in [0.2, 0.25) is 0 Å². The van der Waals surface area contributed by atoms with E-state index in [-0.39, 0.29) is 27.8 Å². The van der Waals surface area contributed by atoms with Crippen molar-refractivity contribution in [2.75, 3.05) is 14.2 Å². The van der Waals surface area contributed by atoms with Gasteiger partial charge in [0, 0.05) is 47.9 Å². The maximum absolute atomic E-state index is 9.27. The Hall–Kier alpha value is -4.82. The highest BCUT2D eigenvalue weighted by Crippen LogP contribution is 2.68. The average molecular weight is 717 g/mol. The lowest BCUT2D eigenvalue weighted by atomic mass is 9.70. The minimum absolute atomic E-state index is 0.187. The molecule has 0 bridgehead atoms. The van der Waals surface area contributed by atoms with Crippen LogP contribution < -0.4 is 9.47 Å². The van der Waals surface area contributed by atoms with Crippen LogP contribution in [0.1, 0.15) is 83.3 Å². The van der Waals surface area contributed by atoms with Crippen molar-refractivity contribution in [1.29, 1.82) is 15.8 Å². The summed E-state index contributed by atoms with van der Waals surface area (Å²) >= 11 is 6.57. The Kier molecular flexibility index (Phi) is 7.41. The number of hydrogen-bond donors (Lipinski definition) is 0. The molecule has 0 saturated heterocycles. The van der Waals surface area contributed by atoms with Crippen LogP contribution in [0.15, 0.2) is 22.1 Å². The van der Waals surface area contributed by atoms with E-state index in [0.717, 1.165) is 20.9 Å². The van der Waals surface area contributed by atoms with Gasteiger partial charge in [0.15, 0.2) is 0 Å². The molecule has 0 unspecified atom stereocenters. The first kappa shape index (κ1) is 32.7. The summed E-state index contributed by atoms with van der Waals surface area (Å²) < 4.78 is 11.6. The number of rotatable bonds is 6. The lowest BCUT2D eigenvalue weighted by molar-refractivity contribution is 0.415. The highest BCUT2D eigenvalue weighted by molar-refractivity contribution is 7.24. The molecule has 0 aliphatic heterocycles. The largest absolute Gasteiger partial charge is 0.495 e. The van der Waals surface area contributed by atoms with Gasteiger partial charge in [0.2, 0.25) is 10.7 Å². The number of nitriles is 3. The van der Waals surface area contributed by atoms with Gasteiger partial charge < -0.3 is 14.3 Å². The van der Waals surface area contributed by atoms with Crippen molar-refractivity contribution >= 4 is 90.2 Å². The van der Waals surface area contributed by atoms with E-state index in [1.54, 1.807) is 26.4 Å². The van der Waals surface area contributed by atoms with Crippen LogP contribution in [-0.4, -0.2) is 25.8 Å². The van der Waals surface area contributed by atoms with Gasteiger partial charge in [-0.3, -0.25) is 0 Å². The molecular formula is C37H28N6O2S4. The molecule has 4 heterocycles. The molecule has 12 heteroatoms. The van der Waals surface area contributed by atoms with Gasteiger partial charge in [-0.1, -0.05) is 64.4 Å². The van der Waals surface area contributed by atoms with E-state index in [9.17, 15) is 15.8 Å². The van der Waals surface area contributed by atoms with E-state index in [2.05, 4.69) is 68.5 Å². The Morgan fingerprint density at radius 1 is 0.653 bits per heavy atom. The molecule has 0 fully saturated rings. The molecule has 0 spiro atoms. The third-order valence-electron chi connectivity index (χ3n) is 9.63. The predicted octanol–water partition coefficient (Wildman–Crippen LogP) is 10.5. The number of allylic oxidation sites excluding steroid dienone is 2. The second kappa shape index (κ2) is 11.1. The third kappa shape index (κ3) is 4.53. The SMILES string of the molecule is [C-]#[N+]C(C#N)=Nc1cc(OC)c(C2=Cc3sc4c(c3C2(C)C)C(C)(C)c2c-4sc3c2C(C)(C)C(c2sc(N=C(C#N)C#N)cc2OC)=C3)s1. The molecule has 0 radical (unpaired) electrons. The molecule has 4 aromatic rings. The van der Waals surface area contributed by atoms with Crippen molar-refractivity contribution in [3.05, 3.63) is 65.3 Å². The highest BCUT2D eigenvalue weighted by atomic mass is 32.1. The molecule has 0 aromatic carbocycles. The Bertz CT molecular complexity index is 2240. The molecule has 0 atom stereocenters. The number of amidine groups is 1. The van der Waals surface area contributed by atoms with Crippen LogP contribution in [0.3, 0.4) is 0 Å². The summed E-state index contributed by atoms with van der Waals surface area (Å²) in [6.45, 7) is 21.0. The van der Waals surface area contributed by atoms with Crippen molar-refractivity contribution in [1.82, 2.24) is 0 Å². The van der Waals surface area contributed by atoms with Crippen molar-refractivity contribution in [3.8, 4) is 39.5 Å². The van der Waals surface area contributed by atoms with E-state index in [1.165, 1.54) is 64.4 Å². The summed E-state index contributed by atoms with van der Waals surface area (Å²) in [5.74, 6) is 1.16. The molecule has 0 N–H and O–H groups in total. The van der Waals surface area contributed by atoms with E-state index in [4.69, 9.17) is 16.0 Å². The smallest absolute Gasteiger partial charge is 0.350 e. The van der Waals surface area contributed by atoms with Crippen LogP contribution in [-0.2, 0) is 16.2 Å². The standard InChI is InChI=1S/C37H28N6O2S4/c1-35(2)18(31-20(44-8)12-25(48-31)42-17(14-38)15-39)10-22-27(35)29-33(46-22)34-30(37(29,5)6)28-23(47-34)11-19(36(28,3)4)32-21(45-9)13-26(49-32)43-24(16-40)41-7/h10-13H,1-6,8-9H3. The Morgan fingerprint density at radius 3 is 1.49 bits per heavy atom. The molecule has 3 aliphatic rings. The number of fused-ring (bicyclic) bond motifs is 7. The van der Waals surface area contributed by atoms with Crippen LogP contribution in [0.4, 0.5) is 10.0 Å². The summed E-state index contributed by atoms with van der Waals surface area (Å²) in [5.41, 5.74) is 6.55. The van der Waals surface area contributed by atoms with Crippen LogP contribution in [0.5, 0.6) is 11.5 Å². The molecule has 8 nitrogen and oxygen atoms in total. The lowest BCUT2D eigenvalue weighted by Gasteiger charge is -2.33. The van der Waals surface area contributed by atoms with Crippen molar-refractivity contribution in [2.45, 2.75) is 57.8 Å². The average Bonchev–Trinajstić information content (AvgIpc) is 3.90. The summed E-state index contributed by atoms with van der Waals surface area (Å²) in [4.78, 5) is 18.8. The maximum Gasteiger partial charge on any atom is 0.350 e. The van der Waals surface area contributed by atoms with Crippen molar-refractivity contribution < 1.29 is 9.47 Å². The van der Waals surface area contributed by atoms with Gasteiger partial charge in [0.1, 0.15) is 34.7 Å². The fourth-order valence-corrected chi connectivity index (χ4v) is 13.1. The molecule has 49 heavy (non-hydrogen) atoms. The lowest BCUT2D eigenvalue weighted by Crippen LogP contribution is -2.27. The molecule has 0 saturated carbocycles. The zero-order chi connectivity index (χ0) is 35.2. The number of ether oxygens (including phenoxy) is 2. The summed E-state index contributed by atoms with van der Waals surface area (Å²) in [5, 5.41) is 28.9. The second-order valence-electron chi connectivity index (χ2n) is 13.4. The Balaban J connectivity index is 1.33. The van der Waals surface area contributed by atoms with E-state index >= 15 is 0 Å². The first-order valence-corrected chi connectivity index (χ1v) is 18.4. The van der Waals surface area contributed by atoms with E-state index in [1.807, 2.05) is 40.9 Å². The van der Waals surface area contributed by atoms with Crippen molar-refractivity contribution in [2.24, 2.45) is 9.98 Å². The number of hydrogen-bond acceptors (Lipinski definition) is 11. The summed E-state index contributed by atoms with van der Waals surface area (Å²) in [7, 11) is 3.27. The van der Waals surface area contributed by atoms with E-state index < -0.39 is 0 Å². The monoisotopic (exact) mass is 716 g/mol. The number of nitrogens with zero attached hydrogens (tertiary/aromatic N) is 6. The number of methoxy groups -OCH3 is 2. The first-order valence-electron chi connectivity index (χ1n) is 15.2. The second-order valence-corrected chi connectivity index (χ2v) is 17.6. The van der Waals surface area contributed by atoms with Gasteiger partial charge in [0.25, 0.3) is 0 Å². The fraction of sp³-hybridized carbons (Fsp3) is 0.297. The zero-order valence-corrected chi connectivity index (χ0v) is 31.2. The van der Waals surface area contributed by atoms with Crippen molar-refractivity contribution in [3.63, 3.8) is 0 Å². The molecule has 7 rings (SSSR count). The normalized spacial score (nSPS) is 16.9. The van der Waals surface area contributed by atoms with E-state index in [0.29, 0.717) is 21.5 Å². The van der Waals surface area contributed by atoms with Crippen LogP contribution in [0, 0.1) is 40.6 Å². The fourth-order valence-electron chi connectivity index (χ4n) is 7.45. The number of aliphatic imine (C=N–C) groups is 2. The predicted molar refractivity (Wildman–Crippen MR) is 201 cm³/mol. The molecule has 3 aliphatic carbocycles. The topological polar surface area (TPSA) is 119 Å². The van der Waals surface area contributed by atoms with Gasteiger partial charge in [-0.2, -0.15) is 10.5 Å². The Labute approximate surface area is 300 Å². The molecular weight excluding hydrogens is 689 g/mol. The zero-order valence-electron chi connectivity index (χ0n) is 27.9. The van der Waals surface area contributed by atoms with Crippen LogP contribution in [0.25, 0.3) is 37.9 Å². The van der Waals surface area contributed by atoms with Gasteiger partial charge >= 0.3 is 5.84 Å². The minimum atomic E-state index is -0.339. The summed E-state index contributed by atoms with van der Waals surface area (Å²) in [6, 6.07) is 9.15. The van der Waals surface area contributed by atoms with Gasteiger partial charge in [-0.05, 0) is 45.6 Å². The number of thiophene rings is 4. The van der Waals surface area contributed by atoms with Gasteiger partial charge in [-0.15, -0.1) is 34.0 Å². The highest BCUT2D eigenvalue weighted by Gasteiger charge is 2.53. The molecule has 0 amide bonds. The minimum Gasteiger partial charge on any atom is -0.495 e.